The van der Waals surface area contributed by atoms with E-state index in [2.05, 4.69) is 4.98 Å². The van der Waals surface area contributed by atoms with Crippen molar-refractivity contribution in [3.63, 3.8) is 0 Å². The van der Waals surface area contributed by atoms with Crippen molar-refractivity contribution in [2.24, 2.45) is 0 Å². The Balaban J connectivity index is 1.46. The van der Waals surface area contributed by atoms with Crippen LogP contribution < -0.4 is 14.2 Å². The van der Waals surface area contributed by atoms with Crippen molar-refractivity contribution in [2.75, 3.05) is 27.4 Å². The first-order chi connectivity index (χ1) is 16.1. The second kappa shape index (κ2) is 10.6. The van der Waals surface area contributed by atoms with Gasteiger partial charge in [-0.1, -0.05) is 35.9 Å². The maximum atomic E-state index is 13.1. The first-order valence-corrected chi connectivity index (χ1v) is 11.3. The molecule has 2 aromatic carbocycles. The lowest BCUT2D eigenvalue weighted by Gasteiger charge is -2.33. The third kappa shape index (κ3) is 5.25. The lowest BCUT2D eigenvalue weighted by Crippen LogP contribution is -2.41. The summed E-state index contributed by atoms with van der Waals surface area (Å²) in [5, 5.41) is 0.689. The van der Waals surface area contributed by atoms with Crippen molar-refractivity contribution < 1.29 is 23.4 Å². The highest BCUT2D eigenvalue weighted by atomic mass is 35.5. The number of piperidine rings is 1. The van der Waals surface area contributed by atoms with Gasteiger partial charge in [0.15, 0.2) is 18.1 Å². The highest BCUT2D eigenvalue weighted by Gasteiger charge is 2.32. The summed E-state index contributed by atoms with van der Waals surface area (Å²) in [6.45, 7) is 0.485. The lowest BCUT2D eigenvalue weighted by molar-refractivity contribution is -0.137. The van der Waals surface area contributed by atoms with Crippen LogP contribution in [-0.2, 0) is 11.2 Å². The summed E-state index contributed by atoms with van der Waals surface area (Å²) >= 11 is 6.28. The largest absolute Gasteiger partial charge is 0.493 e. The summed E-state index contributed by atoms with van der Waals surface area (Å²) in [6.07, 6.45) is 4.97. The van der Waals surface area contributed by atoms with Crippen molar-refractivity contribution in [3.8, 4) is 17.2 Å². The molecular weight excluding hydrogens is 444 g/mol. The molecule has 174 valence electrons. The fourth-order valence-corrected chi connectivity index (χ4v) is 4.25. The van der Waals surface area contributed by atoms with Crippen LogP contribution >= 0.6 is 11.6 Å². The van der Waals surface area contributed by atoms with E-state index in [0.717, 1.165) is 24.8 Å². The van der Waals surface area contributed by atoms with Gasteiger partial charge < -0.3 is 23.5 Å². The molecule has 4 rings (SSSR count). The Morgan fingerprint density at radius 3 is 2.61 bits per heavy atom. The number of carbonyl (C=O) groups excluding carboxylic acids is 1. The molecule has 0 saturated carbocycles. The maximum absolute atomic E-state index is 13.1. The highest BCUT2D eigenvalue weighted by Crippen LogP contribution is 2.37. The van der Waals surface area contributed by atoms with E-state index >= 15 is 0 Å². The third-order valence-corrected chi connectivity index (χ3v) is 6.09. The molecule has 2 heterocycles. The summed E-state index contributed by atoms with van der Waals surface area (Å²) in [5.41, 5.74) is 0.970. The van der Waals surface area contributed by atoms with Gasteiger partial charge in [-0.3, -0.25) is 4.79 Å². The van der Waals surface area contributed by atoms with E-state index < -0.39 is 0 Å². The molecule has 1 fully saturated rings. The van der Waals surface area contributed by atoms with Gasteiger partial charge in [0.05, 0.1) is 20.4 Å². The average molecular weight is 471 g/mol. The molecule has 3 aromatic rings. The van der Waals surface area contributed by atoms with Crippen LogP contribution in [0.5, 0.6) is 17.2 Å². The lowest BCUT2D eigenvalue weighted by atomic mass is 10.0. The van der Waals surface area contributed by atoms with Gasteiger partial charge >= 0.3 is 0 Å². The standard InChI is InChI=1S/C25H27ClN2O5/c1-30-21-11-7-12-22(31-2)24(21)32-16-23(29)28-13-6-5-10-20(28)25-27-15-18(33-25)14-17-8-3-4-9-19(17)26/h3-4,7-9,11-12,15,20H,5-6,10,13-14,16H2,1-2H3/t20-/m0/s1. The molecule has 1 saturated heterocycles. The quantitative estimate of drug-likeness (QED) is 0.457. The van der Waals surface area contributed by atoms with Crippen molar-refractivity contribution in [1.82, 2.24) is 9.88 Å². The second-order valence-corrected chi connectivity index (χ2v) is 8.22. The van der Waals surface area contributed by atoms with Crippen molar-refractivity contribution in [1.29, 1.82) is 0 Å². The molecule has 0 N–H and O–H groups in total. The number of methoxy groups -OCH3 is 2. The Labute approximate surface area is 198 Å². The van der Waals surface area contributed by atoms with Gasteiger partial charge in [-0.05, 0) is 43.0 Å². The van der Waals surface area contributed by atoms with Gasteiger partial charge in [-0.15, -0.1) is 0 Å². The zero-order chi connectivity index (χ0) is 23.2. The fraction of sp³-hybridized carbons (Fsp3) is 0.360. The smallest absolute Gasteiger partial charge is 0.261 e. The summed E-state index contributed by atoms with van der Waals surface area (Å²) in [5.74, 6) is 2.54. The molecule has 1 amide bonds. The Morgan fingerprint density at radius 2 is 1.88 bits per heavy atom. The Kier molecular flexibility index (Phi) is 7.40. The zero-order valence-electron chi connectivity index (χ0n) is 18.8. The van der Waals surface area contributed by atoms with E-state index in [1.54, 1.807) is 43.5 Å². The minimum Gasteiger partial charge on any atom is -0.493 e. The summed E-state index contributed by atoms with van der Waals surface area (Å²) in [6, 6.07) is 12.8. The van der Waals surface area contributed by atoms with Crippen LogP contribution in [0.2, 0.25) is 5.02 Å². The number of amides is 1. The number of oxazole rings is 1. The molecule has 0 spiro atoms. The number of carbonyl (C=O) groups is 1. The van der Waals surface area contributed by atoms with Crippen LogP contribution in [0.4, 0.5) is 0 Å². The zero-order valence-corrected chi connectivity index (χ0v) is 19.5. The number of nitrogens with zero attached hydrogens (tertiary/aromatic N) is 2. The number of ether oxygens (including phenoxy) is 3. The molecule has 1 aliphatic heterocycles. The van der Waals surface area contributed by atoms with Crippen LogP contribution in [0.3, 0.4) is 0 Å². The minimum absolute atomic E-state index is 0.138. The van der Waals surface area contributed by atoms with Crippen molar-refractivity contribution in [2.45, 2.75) is 31.7 Å². The molecule has 0 bridgehead atoms. The van der Waals surface area contributed by atoms with Crippen LogP contribution in [0.1, 0.15) is 42.5 Å². The summed E-state index contributed by atoms with van der Waals surface area (Å²) < 4.78 is 22.6. The highest BCUT2D eigenvalue weighted by molar-refractivity contribution is 6.31. The molecule has 33 heavy (non-hydrogen) atoms. The molecule has 0 aliphatic carbocycles. The normalized spacial score (nSPS) is 15.8. The number of aromatic nitrogens is 1. The molecule has 0 unspecified atom stereocenters. The van der Waals surface area contributed by atoms with E-state index in [9.17, 15) is 4.79 Å². The number of para-hydroxylation sites is 1. The molecule has 7 nitrogen and oxygen atoms in total. The van der Waals surface area contributed by atoms with Gasteiger partial charge in [0.1, 0.15) is 11.8 Å². The van der Waals surface area contributed by atoms with Gasteiger partial charge in [0.25, 0.3) is 5.91 Å². The number of rotatable bonds is 8. The Bertz CT molecular complexity index is 1080. The van der Waals surface area contributed by atoms with E-state index in [-0.39, 0.29) is 18.6 Å². The van der Waals surface area contributed by atoms with Gasteiger partial charge in [-0.2, -0.15) is 0 Å². The maximum Gasteiger partial charge on any atom is 0.261 e. The Hall–Kier alpha value is -3.19. The molecule has 1 aliphatic rings. The first kappa shape index (κ1) is 23.0. The number of halogens is 1. The minimum atomic E-state index is -0.227. The predicted molar refractivity (Wildman–Crippen MR) is 124 cm³/mol. The van der Waals surface area contributed by atoms with Crippen molar-refractivity contribution >= 4 is 17.5 Å². The molecular formula is C25H27ClN2O5. The number of likely N-dealkylation sites (tertiary alicyclic amines) is 1. The number of benzene rings is 2. The third-order valence-electron chi connectivity index (χ3n) is 5.72. The summed E-state index contributed by atoms with van der Waals surface area (Å²) in [4.78, 5) is 19.4. The van der Waals surface area contributed by atoms with E-state index in [1.807, 2.05) is 24.3 Å². The topological polar surface area (TPSA) is 74.0 Å². The molecule has 1 atom stereocenters. The predicted octanol–water partition coefficient (Wildman–Crippen LogP) is 5.07. The van der Waals surface area contributed by atoms with Crippen LogP contribution in [-0.4, -0.2) is 43.2 Å². The molecule has 1 aromatic heterocycles. The van der Waals surface area contributed by atoms with Crippen LogP contribution in [0, 0.1) is 0 Å². The van der Waals surface area contributed by atoms with Gasteiger partial charge in [-0.25, -0.2) is 4.98 Å². The van der Waals surface area contributed by atoms with E-state index in [0.29, 0.717) is 46.9 Å². The monoisotopic (exact) mass is 470 g/mol. The second-order valence-electron chi connectivity index (χ2n) is 7.81. The van der Waals surface area contributed by atoms with Gasteiger partial charge in [0.2, 0.25) is 11.6 Å². The molecule has 8 heteroatoms. The van der Waals surface area contributed by atoms with Crippen LogP contribution in [0.15, 0.2) is 53.1 Å². The summed E-state index contributed by atoms with van der Waals surface area (Å²) in [7, 11) is 3.10. The average Bonchev–Trinajstić information content (AvgIpc) is 3.32. The molecule has 0 radical (unpaired) electrons. The van der Waals surface area contributed by atoms with Crippen LogP contribution in [0.25, 0.3) is 0 Å². The van der Waals surface area contributed by atoms with E-state index in [4.69, 9.17) is 30.2 Å². The SMILES string of the molecule is COc1cccc(OC)c1OCC(=O)N1CCCC[C@H]1c1ncc(Cc2ccccc2Cl)o1. The fourth-order valence-electron chi connectivity index (χ4n) is 4.05. The number of hydrogen-bond donors (Lipinski definition) is 0. The first-order valence-electron chi connectivity index (χ1n) is 10.9. The number of hydrogen-bond acceptors (Lipinski definition) is 6. The van der Waals surface area contributed by atoms with E-state index in [1.165, 1.54) is 0 Å². The van der Waals surface area contributed by atoms with Crippen molar-refractivity contribution in [3.05, 3.63) is 70.9 Å². The van der Waals surface area contributed by atoms with Gasteiger partial charge in [0, 0.05) is 18.0 Å². The Morgan fingerprint density at radius 1 is 1.12 bits per heavy atom.